The van der Waals surface area contributed by atoms with Crippen LogP contribution in [0.15, 0.2) is 24.3 Å². The van der Waals surface area contributed by atoms with Crippen molar-refractivity contribution < 1.29 is 0 Å². The Labute approximate surface area is 77.4 Å². The van der Waals surface area contributed by atoms with Crippen molar-refractivity contribution in [3.05, 3.63) is 24.3 Å². The minimum absolute atomic E-state index is 0.728. The standard InChI is InChI=1S/C12H22/c1-6-7-12(11(4)5)9-8-10(2)3/h8-9,11-12H,2,6-7H2,1,3-5H3/b9-8+. The fraction of sp³-hybridized carbons (Fsp3) is 0.667. The molecule has 0 heteroatoms. The highest BCUT2D eigenvalue weighted by Crippen LogP contribution is 2.18. The molecular weight excluding hydrogens is 144 g/mol. The predicted octanol–water partition coefficient (Wildman–Crippen LogP) is 4.19. The molecule has 0 radical (unpaired) electrons. The Bertz CT molecular complexity index is 151. The maximum atomic E-state index is 3.86. The summed E-state index contributed by atoms with van der Waals surface area (Å²) in [7, 11) is 0. The smallest absolute Gasteiger partial charge is 0.0207 e. The van der Waals surface area contributed by atoms with Gasteiger partial charge >= 0.3 is 0 Å². The van der Waals surface area contributed by atoms with Crippen LogP contribution in [0.5, 0.6) is 0 Å². The van der Waals surface area contributed by atoms with Gasteiger partial charge in [-0.05, 0) is 25.2 Å². The highest BCUT2D eigenvalue weighted by atomic mass is 14.1. The van der Waals surface area contributed by atoms with Crippen molar-refractivity contribution in [3.8, 4) is 0 Å². The minimum atomic E-state index is 0.728. The van der Waals surface area contributed by atoms with Gasteiger partial charge < -0.3 is 0 Å². The largest absolute Gasteiger partial charge is 0.0961 e. The van der Waals surface area contributed by atoms with E-state index < -0.39 is 0 Å². The van der Waals surface area contributed by atoms with Gasteiger partial charge in [-0.2, -0.15) is 0 Å². The summed E-state index contributed by atoms with van der Waals surface area (Å²) in [5.74, 6) is 1.48. The van der Waals surface area contributed by atoms with E-state index in [0.29, 0.717) is 0 Å². The van der Waals surface area contributed by atoms with Crippen LogP contribution in [0.1, 0.15) is 40.5 Å². The van der Waals surface area contributed by atoms with E-state index in [1.165, 1.54) is 12.8 Å². The lowest BCUT2D eigenvalue weighted by atomic mass is 9.91. The first-order valence-corrected chi connectivity index (χ1v) is 4.91. The van der Waals surface area contributed by atoms with Crippen LogP contribution in [0, 0.1) is 11.8 Å². The number of allylic oxidation sites excluding steroid dienone is 3. The fourth-order valence-corrected chi connectivity index (χ4v) is 1.27. The average Bonchev–Trinajstić information content (AvgIpc) is 1.96. The molecule has 0 aromatic heterocycles. The van der Waals surface area contributed by atoms with Crippen molar-refractivity contribution in [2.45, 2.75) is 40.5 Å². The molecule has 1 atom stereocenters. The van der Waals surface area contributed by atoms with Gasteiger partial charge in [0.1, 0.15) is 0 Å². The van der Waals surface area contributed by atoms with E-state index in [0.717, 1.165) is 17.4 Å². The maximum Gasteiger partial charge on any atom is -0.0207 e. The Morgan fingerprint density at radius 3 is 2.33 bits per heavy atom. The molecule has 0 spiro atoms. The number of hydrogen-bond donors (Lipinski definition) is 0. The molecule has 0 aliphatic carbocycles. The van der Waals surface area contributed by atoms with Gasteiger partial charge in [0, 0.05) is 0 Å². The van der Waals surface area contributed by atoms with E-state index in [4.69, 9.17) is 0 Å². The van der Waals surface area contributed by atoms with Gasteiger partial charge in [0.05, 0.1) is 0 Å². The molecular formula is C12H22. The molecule has 0 fully saturated rings. The molecule has 0 heterocycles. The summed E-state index contributed by atoms with van der Waals surface area (Å²) < 4.78 is 0. The van der Waals surface area contributed by atoms with Gasteiger partial charge in [0.2, 0.25) is 0 Å². The van der Waals surface area contributed by atoms with Crippen LogP contribution in [0.4, 0.5) is 0 Å². The lowest BCUT2D eigenvalue weighted by Crippen LogP contribution is -2.04. The molecule has 0 nitrogen and oxygen atoms in total. The lowest BCUT2D eigenvalue weighted by molar-refractivity contribution is 0.432. The van der Waals surface area contributed by atoms with Crippen LogP contribution in [-0.4, -0.2) is 0 Å². The topological polar surface area (TPSA) is 0 Å². The van der Waals surface area contributed by atoms with Crippen molar-refractivity contribution in [3.63, 3.8) is 0 Å². The van der Waals surface area contributed by atoms with Crippen molar-refractivity contribution in [2.24, 2.45) is 11.8 Å². The van der Waals surface area contributed by atoms with E-state index in [9.17, 15) is 0 Å². The summed E-state index contributed by atoms with van der Waals surface area (Å²) in [5, 5.41) is 0. The highest BCUT2D eigenvalue weighted by Gasteiger charge is 2.07. The molecule has 70 valence electrons. The molecule has 0 aromatic rings. The van der Waals surface area contributed by atoms with Crippen molar-refractivity contribution in [1.29, 1.82) is 0 Å². The van der Waals surface area contributed by atoms with E-state index in [-0.39, 0.29) is 0 Å². The Balaban J connectivity index is 4.03. The zero-order valence-electron chi connectivity index (χ0n) is 8.93. The van der Waals surface area contributed by atoms with Crippen LogP contribution in [0.3, 0.4) is 0 Å². The number of hydrogen-bond acceptors (Lipinski definition) is 0. The molecule has 1 unspecified atom stereocenters. The molecule has 0 aromatic carbocycles. The lowest BCUT2D eigenvalue weighted by Gasteiger charge is -2.15. The van der Waals surface area contributed by atoms with E-state index in [1.54, 1.807) is 0 Å². The summed E-state index contributed by atoms with van der Waals surface area (Å²) in [4.78, 5) is 0. The van der Waals surface area contributed by atoms with Crippen molar-refractivity contribution in [1.82, 2.24) is 0 Å². The molecule has 0 saturated heterocycles. The summed E-state index contributed by atoms with van der Waals surface area (Å²) in [6, 6.07) is 0. The highest BCUT2D eigenvalue weighted by molar-refractivity contribution is 5.12. The predicted molar refractivity (Wildman–Crippen MR) is 57.2 cm³/mol. The van der Waals surface area contributed by atoms with Crippen molar-refractivity contribution in [2.75, 3.05) is 0 Å². The fourth-order valence-electron chi connectivity index (χ4n) is 1.27. The summed E-state index contributed by atoms with van der Waals surface area (Å²) in [6.07, 6.45) is 7.00. The van der Waals surface area contributed by atoms with Gasteiger partial charge in [-0.3, -0.25) is 0 Å². The van der Waals surface area contributed by atoms with E-state index in [1.807, 2.05) is 6.92 Å². The summed E-state index contributed by atoms with van der Waals surface area (Å²) in [5.41, 5.74) is 1.15. The number of rotatable bonds is 5. The molecule has 0 aliphatic heterocycles. The second-order valence-corrected chi connectivity index (χ2v) is 3.90. The van der Waals surface area contributed by atoms with Crippen molar-refractivity contribution >= 4 is 0 Å². The minimum Gasteiger partial charge on any atom is -0.0961 e. The van der Waals surface area contributed by atoms with E-state index in [2.05, 4.69) is 39.5 Å². The molecule has 0 N–H and O–H groups in total. The van der Waals surface area contributed by atoms with Gasteiger partial charge in [-0.1, -0.05) is 51.5 Å². The maximum absolute atomic E-state index is 3.86. The molecule has 0 rings (SSSR count). The van der Waals surface area contributed by atoms with Gasteiger partial charge in [-0.15, -0.1) is 0 Å². The van der Waals surface area contributed by atoms with Crippen LogP contribution in [-0.2, 0) is 0 Å². The third kappa shape index (κ3) is 5.17. The quantitative estimate of drug-likeness (QED) is 0.537. The third-order valence-corrected chi connectivity index (χ3v) is 2.11. The first-order valence-electron chi connectivity index (χ1n) is 4.91. The van der Waals surface area contributed by atoms with Gasteiger partial charge in [0.25, 0.3) is 0 Å². The Kier molecular flexibility index (Phi) is 5.79. The van der Waals surface area contributed by atoms with Crippen LogP contribution >= 0.6 is 0 Å². The zero-order chi connectivity index (χ0) is 9.56. The Hall–Kier alpha value is -0.520. The summed E-state index contributed by atoms with van der Waals surface area (Å²) >= 11 is 0. The Morgan fingerprint density at radius 1 is 1.42 bits per heavy atom. The molecule has 12 heavy (non-hydrogen) atoms. The normalized spacial score (nSPS) is 14.1. The first kappa shape index (κ1) is 11.5. The van der Waals surface area contributed by atoms with Gasteiger partial charge in [0.15, 0.2) is 0 Å². The van der Waals surface area contributed by atoms with Crippen LogP contribution < -0.4 is 0 Å². The SMILES string of the molecule is C=C(C)/C=C/C(CCC)C(C)C. The molecule has 0 aliphatic rings. The summed E-state index contributed by atoms with van der Waals surface area (Å²) in [6.45, 7) is 12.7. The second-order valence-electron chi connectivity index (χ2n) is 3.90. The molecule has 0 bridgehead atoms. The first-order chi connectivity index (χ1) is 5.57. The molecule has 0 amide bonds. The monoisotopic (exact) mass is 166 g/mol. The third-order valence-electron chi connectivity index (χ3n) is 2.11. The molecule has 0 saturated carbocycles. The Morgan fingerprint density at radius 2 is 2.00 bits per heavy atom. The zero-order valence-corrected chi connectivity index (χ0v) is 8.93. The van der Waals surface area contributed by atoms with Crippen LogP contribution in [0.25, 0.3) is 0 Å². The van der Waals surface area contributed by atoms with Crippen LogP contribution in [0.2, 0.25) is 0 Å². The second kappa shape index (κ2) is 6.05. The van der Waals surface area contributed by atoms with E-state index >= 15 is 0 Å². The van der Waals surface area contributed by atoms with Gasteiger partial charge in [-0.25, -0.2) is 0 Å². The average molecular weight is 166 g/mol.